The Bertz CT molecular complexity index is 854. The van der Waals surface area contributed by atoms with Gasteiger partial charge in [0.1, 0.15) is 18.3 Å². The number of carbonyl (C=O) groups excluding carboxylic acids is 2. The first-order chi connectivity index (χ1) is 12.9. The Kier molecular flexibility index (Phi) is 5.56. The first kappa shape index (κ1) is 18.7. The summed E-state index contributed by atoms with van der Waals surface area (Å²) in [6.45, 7) is 0.324. The lowest BCUT2D eigenvalue weighted by Crippen LogP contribution is -2.43. The number of nitrogens with zero attached hydrogens (tertiary/aromatic N) is 1. The van der Waals surface area contributed by atoms with Crippen LogP contribution in [0.15, 0.2) is 48.5 Å². The van der Waals surface area contributed by atoms with Gasteiger partial charge in [0, 0.05) is 21.9 Å². The summed E-state index contributed by atoms with van der Waals surface area (Å²) < 4.78 is 5.62. The smallest absolute Gasteiger partial charge is 0.269 e. The quantitative estimate of drug-likeness (QED) is 0.582. The van der Waals surface area contributed by atoms with E-state index in [1.807, 2.05) is 0 Å². The second-order valence-corrected chi connectivity index (χ2v) is 6.51. The lowest BCUT2D eigenvalue weighted by molar-refractivity contribution is -0.497. The molecule has 2 amide bonds. The van der Waals surface area contributed by atoms with Gasteiger partial charge in [-0.15, -0.1) is 0 Å². The fraction of sp³-hybridized carbons (Fsp3) is 0.222. The van der Waals surface area contributed by atoms with Gasteiger partial charge in [0.25, 0.3) is 5.91 Å². The van der Waals surface area contributed by atoms with Crippen molar-refractivity contribution in [3.63, 3.8) is 0 Å². The highest BCUT2D eigenvalue weighted by atomic mass is 35.5. The first-order valence-corrected chi connectivity index (χ1v) is 8.53. The van der Waals surface area contributed by atoms with Crippen LogP contribution in [0.4, 0.5) is 0 Å². The van der Waals surface area contributed by atoms with Gasteiger partial charge in [-0.25, -0.2) is 0 Å². The monoisotopic (exact) mass is 389 g/mol. The zero-order valence-corrected chi connectivity index (χ0v) is 14.8. The summed E-state index contributed by atoms with van der Waals surface area (Å²) in [5, 5.41) is 11.2. The van der Waals surface area contributed by atoms with Gasteiger partial charge in [0.15, 0.2) is 0 Å². The van der Waals surface area contributed by atoms with Gasteiger partial charge in [0.05, 0.1) is 0 Å². The van der Waals surface area contributed by atoms with Gasteiger partial charge in [0.2, 0.25) is 11.9 Å². The molecule has 0 aromatic heterocycles. The normalized spacial score (nSPS) is 17.7. The molecule has 1 aliphatic carbocycles. The molecular weight excluding hydrogens is 374 g/mol. The Morgan fingerprint density at radius 2 is 1.78 bits per heavy atom. The van der Waals surface area contributed by atoms with Crippen molar-refractivity contribution < 1.29 is 19.2 Å². The van der Waals surface area contributed by atoms with E-state index in [0.717, 1.165) is 5.56 Å². The molecule has 0 saturated heterocycles. The van der Waals surface area contributed by atoms with Crippen molar-refractivity contribution in [1.29, 1.82) is 0 Å². The summed E-state index contributed by atoms with van der Waals surface area (Å²) in [4.78, 5) is 33.8. The van der Waals surface area contributed by atoms with E-state index in [1.54, 1.807) is 48.5 Å². The molecule has 27 heavy (non-hydrogen) atoms. The van der Waals surface area contributed by atoms with Crippen LogP contribution >= 0.6 is 11.6 Å². The standard InChI is InChI=1S/C18H16ClN3O5/c19-13-5-7-14(8-6-13)27-10-11-1-3-12(4-2-11)17(23)20-21-18(24)15-9-16(15)22(25)26/h1-8,15-16H,9-10H2,(H,20,23)(H,21,24)/t15-,16-/m0/s1. The predicted molar refractivity (Wildman–Crippen MR) is 96.7 cm³/mol. The average molecular weight is 390 g/mol. The Labute approximate surface area is 159 Å². The minimum absolute atomic E-state index is 0.191. The molecule has 0 bridgehead atoms. The summed E-state index contributed by atoms with van der Waals surface area (Å²) >= 11 is 5.81. The van der Waals surface area contributed by atoms with E-state index in [9.17, 15) is 19.7 Å². The molecule has 0 radical (unpaired) electrons. The molecule has 0 heterocycles. The number of amides is 2. The van der Waals surface area contributed by atoms with Crippen LogP contribution in [0.25, 0.3) is 0 Å². The molecule has 1 saturated carbocycles. The molecule has 2 atom stereocenters. The van der Waals surface area contributed by atoms with Crippen molar-refractivity contribution in [3.05, 3.63) is 74.8 Å². The van der Waals surface area contributed by atoms with E-state index in [2.05, 4.69) is 10.9 Å². The van der Waals surface area contributed by atoms with Crippen LogP contribution in [0.1, 0.15) is 22.3 Å². The molecule has 2 aromatic carbocycles. The van der Waals surface area contributed by atoms with Crippen molar-refractivity contribution >= 4 is 23.4 Å². The molecule has 3 rings (SSSR count). The van der Waals surface area contributed by atoms with Gasteiger partial charge >= 0.3 is 0 Å². The highest BCUT2D eigenvalue weighted by molar-refractivity contribution is 6.30. The molecule has 0 aliphatic heterocycles. The van der Waals surface area contributed by atoms with Crippen LogP contribution in [-0.2, 0) is 11.4 Å². The summed E-state index contributed by atoms with van der Waals surface area (Å²) in [5.41, 5.74) is 5.67. The number of nitrogens with one attached hydrogen (secondary N) is 2. The van der Waals surface area contributed by atoms with Crippen molar-refractivity contribution in [3.8, 4) is 5.75 Å². The number of hydrogen-bond acceptors (Lipinski definition) is 5. The molecule has 1 aliphatic rings. The third kappa shape index (κ3) is 4.95. The van der Waals surface area contributed by atoms with Gasteiger partial charge in [-0.2, -0.15) is 0 Å². The SMILES string of the molecule is O=C(NNC(=O)[C@H]1C[C@@H]1[N+](=O)[O-])c1ccc(COc2ccc(Cl)cc2)cc1. The van der Waals surface area contributed by atoms with Crippen molar-refractivity contribution in [1.82, 2.24) is 10.9 Å². The van der Waals surface area contributed by atoms with Crippen LogP contribution in [0.3, 0.4) is 0 Å². The van der Waals surface area contributed by atoms with Crippen LogP contribution in [-0.4, -0.2) is 22.8 Å². The third-order valence-electron chi connectivity index (χ3n) is 4.10. The van der Waals surface area contributed by atoms with Crippen LogP contribution in [0.2, 0.25) is 5.02 Å². The Hall–Kier alpha value is -3.13. The maximum atomic E-state index is 12.0. The summed E-state index contributed by atoms with van der Waals surface area (Å²) in [7, 11) is 0. The minimum Gasteiger partial charge on any atom is -0.489 e. The highest BCUT2D eigenvalue weighted by Crippen LogP contribution is 2.32. The number of benzene rings is 2. The van der Waals surface area contributed by atoms with Crippen LogP contribution in [0, 0.1) is 16.0 Å². The highest BCUT2D eigenvalue weighted by Gasteiger charge is 2.53. The minimum atomic E-state index is -0.859. The van der Waals surface area contributed by atoms with Crippen molar-refractivity contribution in [2.24, 2.45) is 5.92 Å². The second-order valence-electron chi connectivity index (χ2n) is 6.08. The Morgan fingerprint density at radius 3 is 2.37 bits per heavy atom. The van der Waals surface area contributed by atoms with Gasteiger partial charge < -0.3 is 4.74 Å². The van der Waals surface area contributed by atoms with E-state index >= 15 is 0 Å². The molecule has 2 N–H and O–H groups in total. The van der Waals surface area contributed by atoms with Crippen LogP contribution < -0.4 is 15.6 Å². The lowest BCUT2D eigenvalue weighted by atomic mass is 10.1. The maximum absolute atomic E-state index is 12.0. The number of hydrazine groups is 1. The van der Waals surface area contributed by atoms with Gasteiger partial charge in [-0.05, 0) is 42.0 Å². The van der Waals surface area contributed by atoms with Crippen LogP contribution in [0.5, 0.6) is 5.75 Å². The van der Waals surface area contributed by atoms with Gasteiger partial charge in [-0.1, -0.05) is 23.7 Å². The van der Waals surface area contributed by atoms with Gasteiger partial charge in [-0.3, -0.25) is 30.6 Å². The molecule has 8 nitrogen and oxygen atoms in total. The number of ether oxygens (including phenoxy) is 1. The molecule has 1 fully saturated rings. The fourth-order valence-corrected chi connectivity index (χ4v) is 2.56. The first-order valence-electron chi connectivity index (χ1n) is 8.15. The zero-order valence-electron chi connectivity index (χ0n) is 14.1. The van der Waals surface area contributed by atoms with E-state index in [4.69, 9.17) is 16.3 Å². The maximum Gasteiger partial charge on any atom is 0.269 e. The topological polar surface area (TPSA) is 111 Å². The number of carbonyl (C=O) groups is 2. The molecule has 0 spiro atoms. The summed E-state index contributed by atoms with van der Waals surface area (Å²) in [6.07, 6.45) is 0.191. The number of nitro groups is 1. The van der Waals surface area contributed by atoms with E-state index in [1.165, 1.54) is 0 Å². The predicted octanol–water partition coefficient (Wildman–Crippen LogP) is 2.35. The molecule has 2 aromatic rings. The number of halogens is 1. The lowest BCUT2D eigenvalue weighted by Gasteiger charge is -2.08. The average Bonchev–Trinajstić information content (AvgIpc) is 3.47. The van der Waals surface area contributed by atoms with E-state index in [-0.39, 0.29) is 6.42 Å². The summed E-state index contributed by atoms with van der Waals surface area (Å²) in [5.74, 6) is -1.07. The fourth-order valence-electron chi connectivity index (χ4n) is 2.43. The number of rotatable bonds is 6. The number of hydrogen-bond donors (Lipinski definition) is 2. The Balaban J connectivity index is 1.46. The zero-order chi connectivity index (χ0) is 19.4. The second kappa shape index (κ2) is 8.05. The molecule has 140 valence electrons. The van der Waals surface area contributed by atoms with E-state index in [0.29, 0.717) is 22.9 Å². The largest absolute Gasteiger partial charge is 0.489 e. The van der Waals surface area contributed by atoms with E-state index < -0.39 is 28.7 Å². The molecule has 9 heteroatoms. The molecule has 0 unspecified atom stereocenters. The summed E-state index contributed by atoms with van der Waals surface area (Å²) in [6, 6.07) is 12.8. The Morgan fingerprint density at radius 1 is 1.11 bits per heavy atom. The van der Waals surface area contributed by atoms with Crippen molar-refractivity contribution in [2.45, 2.75) is 19.1 Å². The molecular formula is C18H16ClN3O5. The van der Waals surface area contributed by atoms with Crippen molar-refractivity contribution in [2.75, 3.05) is 0 Å². The third-order valence-corrected chi connectivity index (χ3v) is 4.35.